The Bertz CT molecular complexity index is 1050. The second-order valence-corrected chi connectivity index (χ2v) is 11.2. The van der Waals surface area contributed by atoms with Crippen molar-refractivity contribution in [2.24, 2.45) is 0 Å². The van der Waals surface area contributed by atoms with Crippen LogP contribution in [0.2, 0.25) is 0 Å². The molecule has 1 aromatic rings. The summed E-state index contributed by atoms with van der Waals surface area (Å²) < 4.78 is 64.0. The van der Waals surface area contributed by atoms with E-state index in [1.54, 1.807) is 28.4 Å². The fourth-order valence-electron chi connectivity index (χ4n) is 4.14. The summed E-state index contributed by atoms with van der Waals surface area (Å²) in [6.07, 6.45) is 1.22. The number of nitrogens with zero attached hydrogens (tertiary/aromatic N) is 2. The molecule has 0 saturated heterocycles. The highest BCUT2D eigenvalue weighted by atomic mass is 16.6. The highest BCUT2D eigenvalue weighted by molar-refractivity contribution is 6.02. The van der Waals surface area contributed by atoms with Gasteiger partial charge in [-0.25, -0.2) is 9.97 Å². The van der Waals surface area contributed by atoms with Crippen molar-refractivity contribution < 1.29 is 66.4 Å². The number of hydrogen-bond acceptors (Lipinski definition) is 18. The molecule has 19 heteroatoms. The van der Waals surface area contributed by atoms with Crippen molar-refractivity contribution in [3.8, 4) is 0 Å². The van der Waals surface area contributed by atoms with Gasteiger partial charge in [-0.1, -0.05) is 0 Å². The van der Waals surface area contributed by atoms with Crippen LogP contribution >= 0.6 is 0 Å². The number of ether oxygens (including phenoxy) is 12. The lowest BCUT2D eigenvalue weighted by molar-refractivity contribution is 0.00367. The second kappa shape index (κ2) is 37.3. The van der Waals surface area contributed by atoms with Crippen LogP contribution in [0.25, 0.3) is 0 Å². The molecular weight excluding hydrogens is 714 g/mol. The first-order chi connectivity index (χ1) is 26.6. The zero-order valence-electron chi connectivity index (χ0n) is 32.8. The Morgan fingerprint density at radius 1 is 0.444 bits per heavy atom. The molecule has 0 bridgehead atoms. The summed E-state index contributed by atoms with van der Waals surface area (Å²) in [4.78, 5) is 36.0. The SMILES string of the molecule is COCCOCCCC(=O)c1nc(NCOCCOCCOCCOC)c(C(=O)NCCOCCOC)nc1NCCCOCCOCCOCCOC. The van der Waals surface area contributed by atoms with Gasteiger partial charge in [0.1, 0.15) is 6.73 Å². The van der Waals surface area contributed by atoms with Crippen molar-refractivity contribution in [3.05, 3.63) is 11.4 Å². The minimum atomic E-state index is -0.502. The molecule has 0 radical (unpaired) electrons. The van der Waals surface area contributed by atoms with E-state index in [4.69, 9.17) is 56.8 Å². The lowest BCUT2D eigenvalue weighted by Gasteiger charge is -2.16. The number of carbonyl (C=O) groups is 2. The van der Waals surface area contributed by atoms with E-state index < -0.39 is 5.91 Å². The van der Waals surface area contributed by atoms with Gasteiger partial charge >= 0.3 is 0 Å². The van der Waals surface area contributed by atoms with E-state index >= 15 is 0 Å². The van der Waals surface area contributed by atoms with Crippen LogP contribution in [0.4, 0.5) is 11.6 Å². The Morgan fingerprint density at radius 3 is 1.37 bits per heavy atom. The van der Waals surface area contributed by atoms with E-state index in [1.807, 2.05) is 0 Å². The maximum absolute atomic E-state index is 13.5. The predicted octanol–water partition coefficient (Wildman–Crippen LogP) is 1.06. The molecule has 0 unspecified atom stereocenters. The number of ketones is 1. The van der Waals surface area contributed by atoms with Crippen molar-refractivity contribution in [2.75, 3.05) is 184 Å². The minimum Gasteiger partial charge on any atom is -0.382 e. The molecular formula is C35H65N5O14. The molecule has 1 aromatic heterocycles. The van der Waals surface area contributed by atoms with E-state index in [0.29, 0.717) is 132 Å². The molecule has 0 fully saturated rings. The number of methoxy groups -OCH3 is 4. The number of hydrogen-bond donors (Lipinski definition) is 3. The number of aromatic nitrogens is 2. The highest BCUT2D eigenvalue weighted by Gasteiger charge is 2.23. The molecule has 1 heterocycles. The zero-order chi connectivity index (χ0) is 39.2. The topological polar surface area (TPSA) is 207 Å². The van der Waals surface area contributed by atoms with Crippen LogP contribution in [-0.4, -0.2) is 195 Å². The van der Waals surface area contributed by atoms with Gasteiger partial charge in [-0.05, 0) is 12.8 Å². The van der Waals surface area contributed by atoms with Crippen molar-refractivity contribution in [3.63, 3.8) is 0 Å². The summed E-state index contributed by atoms with van der Waals surface area (Å²) in [7, 11) is 6.42. The van der Waals surface area contributed by atoms with Crippen LogP contribution < -0.4 is 16.0 Å². The summed E-state index contributed by atoms with van der Waals surface area (Å²) in [5.41, 5.74) is 0.0779. The molecule has 0 aliphatic carbocycles. The standard InChI is InChI=1S/C35H65N5O14/c1-43-13-17-47-10-5-7-30(41)31-33(36-8-6-11-48-21-22-52-25-23-50-19-15-45-3)40-32(35(42)37-9-12-49-18-14-44-2)34(39-31)38-29-54-28-27-53-26-24-51-20-16-46-4/h5-29H2,1-4H3,(H,36,40)(H,37,42)(H,38,39). The number of Topliss-reactive ketones (excluding diaryl/α,β-unsaturated/α-hetero) is 1. The molecule has 0 aliphatic heterocycles. The molecule has 0 spiro atoms. The van der Waals surface area contributed by atoms with Crippen molar-refractivity contribution in [1.82, 2.24) is 15.3 Å². The fraction of sp³-hybridized carbons (Fsp3) is 0.829. The number of amides is 1. The van der Waals surface area contributed by atoms with E-state index in [0.717, 1.165) is 0 Å². The van der Waals surface area contributed by atoms with Crippen LogP contribution in [0.3, 0.4) is 0 Å². The average molecular weight is 780 g/mol. The summed E-state index contributed by atoms with van der Waals surface area (Å²) in [6.45, 7) is 8.78. The predicted molar refractivity (Wildman–Crippen MR) is 199 cm³/mol. The maximum Gasteiger partial charge on any atom is 0.273 e. The second-order valence-electron chi connectivity index (χ2n) is 11.2. The highest BCUT2D eigenvalue weighted by Crippen LogP contribution is 2.21. The van der Waals surface area contributed by atoms with Gasteiger partial charge < -0.3 is 72.8 Å². The van der Waals surface area contributed by atoms with Crippen LogP contribution in [0, 0.1) is 0 Å². The Labute approximate surface area is 320 Å². The van der Waals surface area contributed by atoms with Gasteiger partial charge in [0.25, 0.3) is 5.91 Å². The van der Waals surface area contributed by atoms with Gasteiger partial charge in [-0.15, -0.1) is 0 Å². The molecule has 0 atom stereocenters. The van der Waals surface area contributed by atoms with Crippen LogP contribution in [0.5, 0.6) is 0 Å². The first kappa shape index (κ1) is 49.4. The number of carbonyl (C=O) groups excluding carboxylic acids is 2. The molecule has 0 aliphatic rings. The molecule has 3 N–H and O–H groups in total. The Hall–Kier alpha value is -2.66. The Morgan fingerprint density at radius 2 is 0.852 bits per heavy atom. The number of rotatable bonds is 41. The minimum absolute atomic E-state index is 0.0125. The first-order valence-corrected chi connectivity index (χ1v) is 18.4. The summed E-state index contributed by atoms with van der Waals surface area (Å²) in [6, 6.07) is 0. The number of nitrogens with one attached hydrogen (secondary N) is 3. The van der Waals surface area contributed by atoms with E-state index in [2.05, 4.69) is 25.9 Å². The zero-order valence-corrected chi connectivity index (χ0v) is 32.8. The molecule has 54 heavy (non-hydrogen) atoms. The summed E-state index contributed by atoms with van der Waals surface area (Å²) in [5.74, 6) is -0.481. The third kappa shape index (κ3) is 27.0. The third-order valence-electron chi connectivity index (χ3n) is 6.91. The third-order valence-corrected chi connectivity index (χ3v) is 6.91. The van der Waals surface area contributed by atoms with Gasteiger partial charge in [-0.3, -0.25) is 9.59 Å². The summed E-state index contributed by atoms with van der Waals surface area (Å²) >= 11 is 0. The van der Waals surface area contributed by atoms with Crippen LogP contribution in [-0.2, 0) is 56.8 Å². The quantitative estimate of drug-likeness (QED) is 0.0483. The Kier molecular flexibility index (Phi) is 34.1. The van der Waals surface area contributed by atoms with Gasteiger partial charge in [0, 0.05) is 61.2 Å². The molecule has 19 nitrogen and oxygen atoms in total. The molecule has 1 rings (SSSR count). The normalized spacial score (nSPS) is 11.3. The fourth-order valence-corrected chi connectivity index (χ4v) is 4.14. The van der Waals surface area contributed by atoms with Crippen molar-refractivity contribution in [1.29, 1.82) is 0 Å². The van der Waals surface area contributed by atoms with E-state index in [9.17, 15) is 9.59 Å². The lowest BCUT2D eigenvalue weighted by atomic mass is 10.1. The molecule has 0 saturated carbocycles. The smallest absolute Gasteiger partial charge is 0.273 e. The van der Waals surface area contributed by atoms with Crippen LogP contribution in [0.1, 0.15) is 40.2 Å². The average Bonchev–Trinajstić information content (AvgIpc) is 3.18. The first-order valence-electron chi connectivity index (χ1n) is 18.4. The molecule has 0 aromatic carbocycles. The van der Waals surface area contributed by atoms with Gasteiger partial charge in [0.15, 0.2) is 28.8 Å². The van der Waals surface area contributed by atoms with Gasteiger partial charge in [0.2, 0.25) is 0 Å². The lowest BCUT2D eigenvalue weighted by Crippen LogP contribution is -2.30. The van der Waals surface area contributed by atoms with Gasteiger partial charge in [-0.2, -0.15) is 0 Å². The van der Waals surface area contributed by atoms with Gasteiger partial charge in [0.05, 0.1) is 112 Å². The largest absolute Gasteiger partial charge is 0.382 e. The van der Waals surface area contributed by atoms with Crippen molar-refractivity contribution >= 4 is 23.3 Å². The van der Waals surface area contributed by atoms with Crippen LogP contribution in [0.15, 0.2) is 0 Å². The maximum atomic E-state index is 13.5. The van der Waals surface area contributed by atoms with Crippen molar-refractivity contribution in [2.45, 2.75) is 19.3 Å². The summed E-state index contributed by atoms with van der Waals surface area (Å²) in [5, 5.41) is 8.99. The monoisotopic (exact) mass is 779 g/mol. The Balaban J connectivity index is 2.89. The van der Waals surface area contributed by atoms with E-state index in [1.165, 1.54) is 0 Å². The number of anilines is 2. The molecule has 314 valence electrons. The molecule has 1 amide bonds. The van der Waals surface area contributed by atoms with E-state index in [-0.39, 0.29) is 61.7 Å².